The van der Waals surface area contributed by atoms with Crippen molar-refractivity contribution in [1.29, 1.82) is 0 Å². The summed E-state index contributed by atoms with van der Waals surface area (Å²) >= 11 is 0. The molecule has 4 atom stereocenters. The van der Waals surface area contributed by atoms with Crippen molar-refractivity contribution in [3.05, 3.63) is 53.4 Å². The van der Waals surface area contributed by atoms with Crippen molar-refractivity contribution in [2.45, 2.75) is 97.1 Å². The van der Waals surface area contributed by atoms with E-state index in [9.17, 15) is 28.8 Å². The summed E-state index contributed by atoms with van der Waals surface area (Å²) in [7, 11) is 0. The van der Waals surface area contributed by atoms with E-state index in [1.807, 2.05) is 58.0 Å². The second kappa shape index (κ2) is 20.0. The zero-order chi connectivity index (χ0) is 39.3. The predicted molar refractivity (Wildman–Crippen MR) is 195 cm³/mol. The minimum atomic E-state index is -1.05. The number of rotatable bonds is 20. The lowest BCUT2D eigenvalue weighted by molar-refractivity contribution is -0.134. The van der Waals surface area contributed by atoms with E-state index in [0.29, 0.717) is 45.1 Å². The number of benzene rings is 1. The number of aromatic nitrogens is 1. The van der Waals surface area contributed by atoms with Crippen LogP contribution in [0.1, 0.15) is 70.9 Å². The summed E-state index contributed by atoms with van der Waals surface area (Å²) in [6.45, 7) is 11.0. The number of nitrogens with zero attached hydrogens (tertiary/aromatic N) is 2. The topological polar surface area (TPSA) is 211 Å². The third kappa shape index (κ3) is 13.5. The van der Waals surface area contributed by atoms with Crippen LogP contribution in [-0.4, -0.2) is 109 Å². The quantitative estimate of drug-likeness (QED) is 0.143. The Balaban J connectivity index is 1.33. The van der Waals surface area contributed by atoms with E-state index in [-0.39, 0.29) is 55.6 Å². The number of carbonyl (C=O) groups excluding carboxylic acids is 6. The van der Waals surface area contributed by atoms with Crippen molar-refractivity contribution in [3.63, 3.8) is 0 Å². The largest absolute Gasteiger partial charge is 0.441 e. The van der Waals surface area contributed by atoms with Crippen LogP contribution >= 0.6 is 0 Å². The smallest absolute Gasteiger partial charge is 0.410 e. The fraction of sp³-hybridized carbons (Fsp3) is 0.605. The number of nitrogens with one attached hydrogen (secondary N) is 4. The molecule has 2 saturated heterocycles. The van der Waals surface area contributed by atoms with E-state index < -0.39 is 60.0 Å². The fourth-order valence-electron chi connectivity index (χ4n) is 5.82. The van der Waals surface area contributed by atoms with Gasteiger partial charge in [-0.1, -0.05) is 63.2 Å². The lowest BCUT2D eigenvalue weighted by Gasteiger charge is -2.27. The standard InChI is InChI=1S/C38H54N6O10/c1-24(2)11-12-29(34(47)38(5)23-53-38)41-36(49)31(18-26-9-7-6-8-10-26)42-35(48)30(17-25(3)4)40-33(46)21-39-32(45)20-27-19-28(54-43-27)22-52-37(50)44-13-15-51-16-14-44/h6-10,19,24-25,29-31H,11-18,20-23H2,1-5H3,(H,39,45)(H,40,46)(H,41,49)(H,42,48). The highest BCUT2D eigenvalue weighted by Crippen LogP contribution is 2.29. The van der Waals surface area contributed by atoms with Crippen molar-refractivity contribution in [2.75, 3.05) is 39.5 Å². The van der Waals surface area contributed by atoms with Gasteiger partial charge < -0.3 is 44.9 Å². The minimum absolute atomic E-state index is 0.0103. The maximum atomic E-state index is 13.8. The number of ether oxygens (including phenoxy) is 3. The number of Topliss-reactive ketones (excluding diaryl/α,β-unsaturated/α-hetero) is 1. The van der Waals surface area contributed by atoms with Crippen LogP contribution in [0.4, 0.5) is 4.79 Å². The molecule has 1 aromatic heterocycles. The maximum absolute atomic E-state index is 13.8. The van der Waals surface area contributed by atoms with Gasteiger partial charge in [0.05, 0.1) is 44.5 Å². The van der Waals surface area contributed by atoms with Crippen LogP contribution in [0.3, 0.4) is 0 Å². The Morgan fingerprint density at radius 1 is 0.870 bits per heavy atom. The summed E-state index contributed by atoms with van der Waals surface area (Å²) in [6.07, 6.45) is 0.827. The van der Waals surface area contributed by atoms with Gasteiger partial charge in [0.15, 0.2) is 18.2 Å². The summed E-state index contributed by atoms with van der Waals surface area (Å²) in [5, 5.41) is 14.8. The van der Waals surface area contributed by atoms with E-state index in [2.05, 4.69) is 26.4 Å². The van der Waals surface area contributed by atoms with Crippen LogP contribution in [-0.2, 0) is 57.6 Å². The summed E-state index contributed by atoms with van der Waals surface area (Å²) in [4.78, 5) is 80.3. The molecular formula is C38H54N6O10. The molecule has 2 fully saturated rings. The van der Waals surface area contributed by atoms with Crippen molar-refractivity contribution in [2.24, 2.45) is 11.8 Å². The Hall–Kier alpha value is -4.83. The second-order valence-electron chi connectivity index (χ2n) is 14.8. The number of morpholine rings is 1. The van der Waals surface area contributed by atoms with Crippen LogP contribution in [0.2, 0.25) is 0 Å². The molecule has 0 radical (unpaired) electrons. The van der Waals surface area contributed by atoms with Gasteiger partial charge in [-0.3, -0.25) is 24.0 Å². The van der Waals surface area contributed by atoms with Crippen LogP contribution in [0, 0.1) is 11.8 Å². The number of hydrogen-bond acceptors (Lipinski definition) is 11. The number of epoxide rings is 1. The normalized spacial score (nSPS) is 18.3. The summed E-state index contributed by atoms with van der Waals surface area (Å²) in [6, 6.07) is 7.80. The Labute approximate surface area is 315 Å². The van der Waals surface area contributed by atoms with Crippen molar-refractivity contribution in [1.82, 2.24) is 31.3 Å². The van der Waals surface area contributed by atoms with Crippen LogP contribution in [0.15, 0.2) is 40.9 Å². The summed E-state index contributed by atoms with van der Waals surface area (Å²) in [5.41, 5.74) is 0.130. The van der Waals surface area contributed by atoms with Gasteiger partial charge in [0.25, 0.3) is 0 Å². The average Bonchev–Trinajstić information content (AvgIpc) is 3.75. The van der Waals surface area contributed by atoms with E-state index >= 15 is 0 Å². The molecule has 2 aliphatic rings. The molecule has 5 amide bonds. The summed E-state index contributed by atoms with van der Waals surface area (Å²) < 4.78 is 21.0. The molecule has 2 aliphatic heterocycles. The zero-order valence-corrected chi connectivity index (χ0v) is 31.8. The van der Waals surface area contributed by atoms with Crippen molar-refractivity contribution >= 4 is 35.5 Å². The molecule has 4 rings (SSSR count). The Kier molecular flexibility index (Phi) is 15.5. The third-order valence-corrected chi connectivity index (χ3v) is 9.04. The molecule has 0 bridgehead atoms. The van der Waals surface area contributed by atoms with Gasteiger partial charge in [0, 0.05) is 25.6 Å². The minimum Gasteiger partial charge on any atom is -0.441 e. The first-order chi connectivity index (χ1) is 25.7. The first kappa shape index (κ1) is 41.9. The SMILES string of the molecule is CC(C)CCC(NC(=O)C(Cc1ccccc1)NC(=O)C(CC(C)C)NC(=O)CNC(=O)Cc1cc(COC(=O)N2CCOCC2)on1)C(=O)C1(C)CO1. The molecule has 16 heteroatoms. The number of hydrogen-bond donors (Lipinski definition) is 4. The predicted octanol–water partition coefficient (Wildman–Crippen LogP) is 1.84. The maximum Gasteiger partial charge on any atom is 0.410 e. The molecule has 296 valence electrons. The molecule has 16 nitrogen and oxygen atoms in total. The lowest BCUT2D eigenvalue weighted by atomic mass is 9.93. The van der Waals surface area contributed by atoms with Gasteiger partial charge in [-0.25, -0.2) is 4.79 Å². The molecule has 4 unspecified atom stereocenters. The van der Waals surface area contributed by atoms with Gasteiger partial charge in [-0.15, -0.1) is 0 Å². The van der Waals surface area contributed by atoms with Crippen LogP contribution in [0.25, 0.3) is 0 Å². The highest BCUT2D eigenvalue weighted by atomic mass is 16.6. The van der Waals surface area contributed by atoms with E-state index in [4.69, 9.17) is 18.7 Å². The molecule has 0 spiro atoms. The van der Waals surface area contributed by atoms with E-state index in [0.717, 1.165) is 5.56 Å². The van der Waals surface area contributed by atoms with Crippen LogP contribution in [0.5, 0.6) is 0 Å². The van der Waals surface area contributed by atoms with Crippen LogP contribution < -0.4 is 21.3 Å². The highest BCUT2D eigenvalue weighted by Gasteiger charge is 2.50. The molecule has 4 N–H and O–H groups in total. The molecule has 2 aromatic rings. The molecular weight excluding hydrogens is 700 g/mol. The van der Waals surface area contributed by atoms with Gasteiger partial charge in [0.1, 0.15) is 17.7 Å². The van der Waals surface area contributed by atoms with Crippen molar-refractivity contribution in [3.8, 4) is 0 Å². The monoisotopic (exact) mass is 754 g/mol. The first-order valence-corrected chi connectivity index (χ1v) is 18.5. The molecule has 3 heterocycles. The third-order valence-electron chi connectivity index (χ3n) is 9.04. The lowest BCUT2D eigenvalue weighted by Crippen LogP contribution is -2.58. The zero-order valence-electron chi connectivity index (χ0n) is 31.8. The Morgan fingerprint density at radius 2 is 1.54 bits per heavy atom. The van der Waals surface area contributed by atoms with Gasteiger partial charge in [0.2, 0.25) is 23.6 Å². The Morgan fingerprint density at radius 3 is 2.19 bits per heavy atom. The van der Waals surface area contributed by atoms with Gasteiger partial charge in [-0.05, 0) is 43.6 Å². The molecule has 1 aromatic carbocycles. The number of amides is 5. The number of ketones is 1. The number of carbonyl (C=O) groups is 6. The fourth-order valence-corrected chi connectivity index (χ4v) is 5.82. The van der Waals surface area contributed by atoms with Gasteiger partial charge >= 0.3 is 6.09 Å². The highest BCUT2D eigenvalue weighted by molar-refractivity contribution is 5.98. The van der Waals surface area contributed by atoms with E-state index in [1.165, 1.54) is 11.0 Å². The molecule has 54 heavy (non-hydrogen) atoms. The summed E-state index contributed by atoms with van der Waals surface area (Å²) in [5.74, 6) is -1.89. The Bertz CT molecular complexity index is 1590. The second-order valence-corrected chi connectivity index (χ2v) is 14.8. The van der Waals surface area contributed by atoms with E-state index in [1.54, 1.807) is 6.92 Å². The first-order valence-electron chi connectivity index (χ1n) is 18.5. The average molecular weight is 755 g/mol. The molecule has 0 saturated carbocycles. The molecule has 0 aliphatic carbocycles. The van der Waals surface area contributed by atoms with Crippen molar-refractivity contribution < 1.29 is 47.5 Å². The van der Waals surface area contributed by atoms with Gasteiger partial charge in [-0.2, -0.15) is 0 Å².